The molecule has 2 heterocycles. The molecule has 3 aromatic rings. The largest absolute Gasteiger partial charge is 0.359 e. The first-order valence-electron chi connectivity index (χ1n) is 6.23. The molecule has 0 radical (unpaired) electrons. The Labute approximate surface area is 119 Å². The Morgan fingerprint density at radius 1 is 1.33 bits per heavy atom. The van der Waals surface area contributed by atoms with E-state index in [-0.39, 0.29) is 11.4 Å². The lowest BCUT2D eigenvalue weighted by molar-refractivity contribution is -0.384. The number of rotatable bonds is 3. The molecule has 7 nitrogen and oxygen atoms in total. The maximum Gasteiger partial charge on any atom is 0.298 e. The molecule has 3 rings (SSSR count). The minimum absolute atomic E-state index is 0.0223. The Morgan fingerprint density at radius 2 is 2.14 bits per heavy atom. The van der Waals surface area contributed by atoms with Gasteiger partial charge in [0.25, 0.3) is 5.69 Å². The minimum Gasteiger partial charge on any atom is -0.359 e. The number of aromatic amines is 1. The highest BCUT2D eigenvalue weighted by molar-refractivity contribution is 5.85. The van der Waals surface area contributed by atoms with Crippen LogP contribution in [0, 0.1) is 17.0 Å². The van der Waals surface area contributed by atoms with E-state index in [0.717, 1.165) is 21.7 Å². The zero-order valence-corrected chi connectivity index (χ0v) is 11.1. The molecule has 0 fully saturated rings. The van der Waals surface area contributed by atoms with E-state index in [0.29, 0.717) is 5.69 Å². The summed E-state index contributed by atoms with van der Waals surface area (Å²) in [6, 6.07) is 8.41. The van der Waals surface area contributed by atoms with E-state index in [1.165, 1.54) is 18.5 Å². The first kappa shape index (κ1) is 13.1. The highest BCUT2D eigenvalue weighted by atomic mass is 16.6. The molecule has 0 saturated carbocycles. The predicted octanol–water partition coefficient (Wildman–Crippen LogP) is 3.31. The van der Waals surface area contributed by atoms with Crippen molar-refractivity contribution < 1.29 is 10.1 Å². The molecule has 0 unspecified atom stereocenters. The predicted molar refractivity (Wildman–Crippen MR) is 77.9 cm³/mol. The van der Waals surface area contributed by atoms with Crippen molar-refractivity contribution >= 4 is 28.0 Å². The van der Waals surface area contributed by atoms with Crippen molar-refractivity contribution in [3.05, 3.63) is 58.5 Å². The molecule has 0 atom stereocenters. The van der Waals surface area contributed by atoms with Crippen molar-refractivity contribution in [3.63, 3.8) is 0 Å². The standard InChI is InChI=1S/C14H12N4O3/c1-9-6-10-7-11(2-3-12(10)16-9)17(19)14-8-15-5-4-13(14)18(20)21/h2-8,16,19H,1H3. The van der Waals surface area contributed by atoms with Crippen molar-refractivity contribution in [2.75, 3.05) is 5.06 Å². The molecule has 0 saturated heterocycles. The van der Waals surface area contributed by atoms with Gasteiger partial charge in [-0.2, -0.15) is 0 Å². The van der Waals surface area contributed by atoms with Crippen molar-refractivity contribution in [2.24, 2.45) is 0 Å². The molecule has 7 heteroatoms. The van der Waals surface area contributed by atoms with Gasteiger partial charge in [0, 0.05) is 28.9 Å². The molecule has 2 N–H and O–H groups in total. The molecular weight excluding hydrogens is 272 g/mol. The zero-order valence-electron chi connectivity index (χ0n) is 11.1. The zero-order chi connectivity index (χ0) is 15.0. The van der Waals surface area contributed by atoms with Crippen LogP contribution in [0.5, 0.6) is 0 Å². The van der Waals surface area contributed by atoms with Crippen LogP contribution in [0.4, 0.5) is 17.1 Å². The van der Waals surface area contributed by atoms with Crippen molar-refractivity contribution in [1.29, 1.82) is 0 Å². The van der Waals surface area contributed by atoms with Crippen LogP contribution in [0.2, 0.25) is 0 Å². The van der Waals surface area contributed by atoms with E-state index in [1.54, 1.807) is 12.1 Å². The quantitative estimate of drug-likeness (QED) is 0.568. The number of nitrogens with zero attached hydrogens (tertiary/aromatic N) is 3. The van der Waals surface area contributed by atoms with Gasteiger partial charge in [0.1, 0.15) is 0 Å². The van der Waals surface area contributed by atoms with Crippen LogP contribution in [0.3, 0.4) is 0 Å². The summed E-state index contributed by atoms with van der Waals surface area (Å²) in [5.41, 5.74) is 2.17. The second-order valence-corrected chi connectivity index (χ2v) is 4.66. The van der Waals surface area contributed by atoms with Crippen LogP contribution in [-0.2, 0) is 0 Å². The Balaban J connectivity index is 2.07. The van der Waals surface area contributed by atoms with Crippen LogP contribution >= 0.6 is 0 Å². The second-order valence-electron chi connectivity index (χ2n) is 4.66. The molecule has 2 aromatic heterocycles. The van der Waals surface area contributed by atoms with E-state index >= 15 is 0 Å². The van der Waals surface area contributed by atoms with E-state index < -0.39 is 4.92 Å². The molecule has 106 valence electrons. The molecule has 0 aliphatic carbocycles. The van der Waals surface area contributed by atoms with Crippen molar-refractivity contribution in [2.45, 2.75) is 6.92 Å². The van der Waals surface area contributed by atoms with Gasteiger partial charge in [-0.15, -0.1) is 0 Å². The van der Waals surface area contributed by atoms with Gasteiger partial charge in [0.05, 0.1) is 16.8 Å². The number of aryl methyl sites for hydroxylation is 1. The lowest BCUT2D eigenvalue weighted by Gasteiger charge is -2.16. The molecule has 0 spiro atoms. The van der Waals surface area contributed by atoms with Gasteiger partial charge in [-0.1, -0.05) is 0 Å². The van der Waals surface area contributed by atoms with Crippen LogP contribution in [0.15, 0.2) is 42.7 Å². The molecule has 21 heavy (non-hydrogen) atoms. The normalized spacial score (nSPS) is 10.8. The van der Waals surface area contributed by atoms with E-state index in [9.17, 15) is 15.3 Å². The summed E-state index contributed by atoms with van der Waals surface area (Å²) in [6.07, 6.45) is 2.57. The Bertz CT molecular complexity index is 828. The third-order valence-corrected chi connectivity index (χ3v) is 3.19. The monoisotopic (exact) mass is 284 g/mol. The highest BCUT2D eigenvalue weighted by Crippen LogP contribution is 2.32. The Morgan fingerprint density at radius 3 is 2.90 bits per heavy atom. The summed E-state index contributed by atoms with van der Waals surface area (Å²) >= 11 is 0. The Kier molecular flexibility index (Phi) is 3.03. The smallest absolute Gasteiger partial charge is 0.298 e. The van der Waals surface area contributed by atoms with Crippen LogP contribution in [0.1, 0.15) is 5.69 Å². The number of anilines is 2. The summed E-state index contributed by atoms with van der Waals surface area (Å²) in [6.45, 7) is 1.93. The van der Waals surface area contributed by atoms with Crippen LogP contribution in [0.25, 0.3) is 10.9 Å². The lowest BCUT2D eigenvalue weighted by atomic mass is 10.2. The average Bonchev–Trinajstić information content (AvgIpc) is 2.85. The maximum atomic E-state index is 11.0. The fraction of sp³-hybridized carbons (Fsp3) is 0.0714. The molecule has 0 bridgehead atoms. The van der Waals surface area contributed by atoms with Crippen molar-refractivity contribution in [3.8, 4) is 0 Å². The minimum atomic E-state index is -0.556. The second kappa shape index (κ2) is 4.88. The summed E-state index contributed by atoms with van der Waals surface area (Å²) < 4.78 is 0. The fourth-order valence-electron chi connectivity index (χ4n) is 2.23. The van der Waals surface area contributed by atoms with Crippen LogP contribution < -0.4 is 5.06 Å². The van der Waals surface area contributed by atoms with Gasteiger partial charge >= 0.3 is 0 Å². The van der Waals surface area contributed by atoms with E-state index in [1.807, 2.05) is 19.1 Å². The summed E-state index contributed by atoms with van der Waals surface area (Å²) in [4.78, 5) is 17.5. The summed E-state index contributed by atoms with van der Waals surface area (Å²) in [7, 11) is 0. The number of hydrogen-bond donors (Lipinski definition) is 2. The number of nitrogens with one attached hydrogen (secondary N) is 1. The SMILES string of the molecule is Cc1cc2cc(N(O)c3cnccc3[N+](=O)[O-])ccc2[nH]1. The summed E-state index contributed by atoms with van der Waals surface area (Å²) in [5, 5.41) is 23.0. The lowest BCUT2D eigenvalue weighted by Crippen LogP contribution is -2.12. The highest BCUT2D eigenvalue weighted by Gasteiger charge is 2.19. The number of nitro groups is 1. The van der Waals surface area contributed by atoms with Gasteiger partial charge in [-0.3, -0.25) is 20.3 Å². The fourth-order valence-corrected chi connectivity index (χ4v) is 2.23. The average molecular weight is 284 g/mol. The number of benzene rings is 1. The topological polar surface area (TPSA) is 95.3 Å². The number of H-pyrrole nitrogens is 1. The third-order valence-electron chi connectivity index (χ3n) is 3.19. The third kappa shape index (κ3) is 2.30. The number of fused-ring (bicyclic) bond motifs is 1. The van der Waals surface area contributed by atoms with E-state index in [2.05, 4.69) is 9.97 Å². The van der Waals surface area contributed by atoms with Crippen molar-refractivity contribution in [1.82, 2.24) is 9.97 Å². The first-order valence-corrected chi connectivity index (χ1v) is 6.23. The molecule has 0 aliphatic heterocycles. The van der Waals surface area contributed by atoms with Gasteiger partial charge in [-0.25, -0.2) is 5.06 Å². The maximum absolute atomic E-state index is 11.0. The number of aromatic nitrogens is 2. The van der Waals surface area contributed by atoms with Crippen LogP contribution in [-0.4, -0.2) is 20.1 Å². The summed E-state index contributed by atoms with van der Waals surface area (Å²) in [5.74, 6) is 0. The molecule has 0 amide bonds. The molecule has 1 aromatic carbocycles. The Hall–Kier alpha value is -2.93. The molecular formula is C14H12N4O3. The number of hydrogen-bond acceptors (Lipinski definition) is 5. The van der Waals surface area contributed by atoms with E-state index in [4.69, 9.17) is 0 Å². The number of pyridine rings is 1. The molecule has 0 aliphatic rings. The van der Waals surface area contributed by atoms with Gasteiger partial charge in [0.15, 0.2) is 5.69 Å². The van der Waals surface area contributed by atoms with Gasteiger partial charge in [-0.05, 0) is 31.2 Å². The van der Waals surface area contributed by atoms with Gasteiger partial charge in [0.2, 0.25) is 0 Å². The van der Waals surface area contributed by atoms with Gasteiger partial charge < -0.3 is 4.98 Å². The first-order chi connectivity index (χ1) is 10.1.